The molecule has 7 nitrogen and oxygen atoms in total. The van der Waals surface area contributed by atoms with E-state index in [1.807, 2.05) is 0 Å². The summed E-state index contributed by atoms with van der Waals surface area (Å²) in [5.41, 5.74) is -0.880. The SMILES string of the molecule is O=C(NCCn1c(=O)c(=O)[nH]c2cc(F)ccc21)C1CCOCC1. The lowest BCUT2D eigenvalue weighted by molar-refractivity contribution is -0.127. The van der Waals surface area contributed by atoms with E-state index in [0.717, 1.165) is 6.07 Å². The Kier molecular flexibility index (Phi) is 4.75. The van der Waals surface area contributed by atoms with E-state index in [9.17, 15) is 18.8 Å². The maximum absolute atomic E-state index is 13.3. The van der Waals surface area contributed by atoms with Crippen LogP contribution in [0.25, 0.3) is 11.0 Å². The fourth-order valence-corrected chi connectivity index (χ4v) is 2.87. The van der Waals surface area contributed by atoms with Gasteiger partial charge in [0.05, 0.1) is 11.0 Å². The van der Waals surface area contributed by atoms with Crippen LogP contribution in [0, 0.1) is 11.7 Å². The molecule has 0 saturated carbocycles. The molecule has 2 heterocycles. The maximum atomic E-state index is 13.3. The van der Waals surface area contributed by atoms with E-state index in [1.54, 1.807) is 0 Å². The number of H-pyrrole nitrogens is 1. The number of carbonyl (C=O) groups is 1. The highest BCUT2D eigenvalue weighted by Gasteiger charge is 2.21. The first kappa shape index (κ1) is 16.4. The third-order valence-electron chi connectivity index (χ3n) is 4.16. The van der Waals surface area contributed by atoms with E-state index >= 15 is 0 Å². The van der Waals surface area contributed by atoms with Crippen LogP contribution in [0.15, 0.2) is 27.8 Å². The molecule has 0 spiro atoms. The van der Waals surface area contributed by atoms with Gasteiger partial charge in [0.2, 0.25) is 5.91 Å². The topological polar surface area (TPSA) is 93.2 Å². The second kappa shape index (κ2) is 6.96. The summed E-state index contributed by atoms with van der Waals surface area (Å²) < 4.78 is 19.8. The Morgan fingerprint density at radius 2 is 2.08 bits per heavy atom. The Balaban J connectivity index is 1.75. The largest absolute Gasteiger partial charge is 0.381 e. The molecule has 1 aromatic heterocycles. The van der Waals surface area contributed by atoms with Gasteiger partial charge in [-0.25, -0.2) is 4.39 Å². The van der Waals surface area contributed by atoms with Crippen LogP contribution in [-0.4, -0.2) is 35.2 Å². The lowest BCUT2D eigenvalue weighted by atomic mass is 9.99. The molecule has 24 heavy (non-hydrogen) atoms. The summed E-state index contributed by atoms with van der Waals surface area (Å²) in [5.74, 6) is -0.664. The second-order valence-electron chi connectivity index (χ2n) is 5.75. The Hall–Kier alpha value is -2.48. The number of carbonyl (C=O) groups excluding carboxylic acids is 1. The summed E-state index contributed by atoms with van der Waals surface area (Å²) in [6.07, 6.45) is 1.36. The monoisotopic (exact) mass is 335 g/mol. The molecule has 0 aliphatic carbocycles. The first-order valence-electron chi connectivity index (χ1n) is 7.84. The third kappa shape index (κ3) is 3.38. The predicted octanol–water partition coefficient (Wildman–Crippen LogP) is 0.372. The van der Waals surface area contributed by atoms with Crippen LogP contribution in [0.1, 0.15) is 12.8 Å². The fraction of sp³-hybridized carbons (Fsp3) is 0.438. The molecule has 0 unspecified atom stereocenters. The minimum absolute atomic E-state index is 0.0773. The molecule has 1 saturated heterocycles. The maximum Gasteiger partial charge on any atom is 0.316 e. The number of nitrogens with zero attached hydrogens (tertiary/aromatic N) is 1. The quantitative estimate of drug-likeness (QED) is 0.790. The first-order chi connectivity index (χ1) is 11.6. The minimum atomic E-state index is -0.816. The predicted molar refractivity (Wildman–Crippen MR) is 85.3 cm³/mol. The molecule has 0 atom stereocenters. The van der Waals surface area contributed by atoms with Crippen LogP contribution in [0.3, 0.4) is 0 Å². The minimum Gasteiger partial charge on any atom is -0.381 e. The van der Waals surface area contributed by atoms with Gasteiger partial charge in [0.15, 0.2) is 0 Å². The molecule has 0 bridgehead atoms. The summed E-state index contributed by atoms with van der Waals surface area (Å²) in [4.78, 5) is 38.2. The van der Waals surface area contributed by atoms with Crippen LogP contribution in [-0.2, 0) is 16.1 Å². The molecule has 1 aromatic carbocycles. The molecule has 1 aliphatic heterocycles. The van der Waals surface area contributed by atoms with E-state index < -0.39 is 16.9 Å². The van der Waals surface area contributed by atoms with Crippen molar-refractivity contribution in [2.45, 2.75) is 19.4 Å². The number of hydrogen-bond donors (Lipinski definition) is 2. The van der Waals surface area contributed by atoms with E-state index in [1.165, 1.54) is 16.7 Å². The van der Waals surface area contributed by atoms with Gasteiger partial charge in [0, 0.05) is 32.2 Å². The summed E-state index contributed by atoms with van der Waals surface area (Å²) in [6, 6.07) is 3.81. The highest BCUT2D eigenvalue weighted by atomic mass is 19.1. The number of benzene rings is 1. The number of nitrogens with one attached hydrogen (secondary N) is 2. The molecule has 1 fully saturated rings. The number of halogens is 1. The second-order valence-corrected chi connectivity index (χ2v) is 5.75. The highest BCUT2D eigenvalue weighted by molar-refractivity contribution is 5.78. The van der Waals surface area contributed by atoms with E-state index in [4.69, 9.17) is 4.74 Å². The zero-order valence-electron chi connectivity index (χ0n) is 13.0. The Bertz CT molecular complexity index is 868. The molecule has 0 radical (unpaired) electrons. The third-order valence-corrected chi connectivity index (χ3v) is 4.16. The van der Waals surface area contributed by atoms with Crippen molar-refractivity contribution < 1.29 is 13.9 Å². The average molecular weight is 335 g/mol. The van der Waals surface area contributed by atoms with Crippen molar-refractivity contribution in [1.82, 2.24) is 14.9 Å². The lowest BCUT2D eigenvalue weighted by Crippen LogP contribution is -2.40. The van der Waals surface area contributed by atoms with Crippen molar-refractivity contribution in [2.24, 2.45) is 5.92 Å². The Morgan fingerprint density at radius 1 is 1.33 bits per heavy atom. The molecule has 128 valence electrons. The Labute approximate surface area is 136 Å². The van der Waals surface area contributed by atoms with Crippen molar-refractivity contribution in [3.8, 4) is 0 Å². The number of aromatic amines is 1. The summed E-state index contributed by atoms with van der Waals surface area (Å²) >= 11 is 0. The number of hydrogen-bond acceptors (Lipinski definition) is 4. The van der Waals surface area contributed by atoms with Gasteiger partial charge in [-0.15, -0.1) is 0 Å². The van der Waals surface area contributed by atoms with E-state index in [2.05, 4.69) is 10.3 Å². The summed E-state index contributed by atoms with van der Waals surface area (Å²) in [5, 5.41) is 2.78. The van der Waals surface area contributed by atoms with E-state index in [0.29, 0.717) is 31.6 Å². The number of amides is 1. The molecule has 1 aliphatic rings. The Morgan fingerprint density at radius 3 is 2.83 bits per heavy atom. The smallest absolute Gasteiger partial charge is 0.316 e. The zero-order chi connectivity index (χ0) is 17.1. The molecular formula is C16H18FN3O4. The molecule has 8 heteroatoms. The van der Waals surface area contributed by atoms with Gasteiger partial charge in [-0.05, 0) is 31.0 Å². The average Bonchev–Trinajstić information content (AvgIpc) is 2.59. The van der Waals surface area contributed by atoms with Crippen molar-refractivity contribution in [2.75, 3.05) is 19.8 Å². The number of rotatable bonds is 4. The van der Waals surface area contributed by atoms with Gasteiger partial charge in [0.1, 0.15) is 5.82 Å². The van der Waals surface area contributed by atoms with Crippen LogP contribution in [0.5, 0.6) is 0 Å². The number of fused-ring (bicyclic) bond motifs is 1. The van der Waals surface area contributed by atoms with Gasteiger partial charge in [-0.3, -0.25) is 14.4 Å². The standard InChI is InChI=1S/C16H18FN3O4/c17-11-1-2-13-12(9-11)19-15(22)16(23)20(13)6-5-18-14(21)10-3-7-24-8-4-10/h1-2,9-10H,3-8H2,(H,18,21)(H,19,22). The normalized spacial score (nSPS) is 15.5. The number of ether oxygens (including phenoxy) is 1. The first-order valence-corrected chi connectivity index (χ1v) is 7.84. The lowest BCUT2D eigenvalue weighted by Gasteiger charge is -2.21. The molecular weight excluding hydrogens is 317 g/mol. The highest BCUT2D eigenvalue weighted by Crippen LogP contribution is 2.14. The van der Waals surface area contributed by atoms with Crippen LogP contribution < -0.4 is 16.4 Å². The van der Waals surface area contributed by atoms with Gasteiger partial charge >= 0.3 is 11.1 Å². The number of aromatic nitrogens is 2. The summed E-state index contributed by atoms with van der Waals surface area (Å²) in [6.45, 7) is 1.50. The summed E-state index contributed by atoms with van der Waals surface area (Å²) in [7, 11) is 0. The van der Waals surface area contributed by atoms with Crippen molar-refractivity contribution >= 4 is 16.9 Å². The molecule has 3 rings (SSSR count). The van der Waals surface area contributed by atoms with Crippen LogP contribution in [0.2, 0.25) is 0 Å². The van der Waals surface area contributed by atoms with Gasteiger partial charge < -0.3 is 19.6 Å². The van der Waals surface area contributed by atoms with Gasteiger partial charge in [-0.2, -0.15) is 0 Å². The van der Waals surface area contributed by atoms with Crippen LogP contribution in [0.4, 0.5) is 4.39 Å². The van der Waals surface area contributed by atoms with E-state index in [-0.39, 0.29) is 30.4 Å². The molecule has 1 amide bonds. The van der Waals surface area contributed by atoms with Crippen molar-refractivity contribution in [1.29, 1.82) is 0 Å². The zero-order valence-corrected chi connectivity index (χ0v) is 13.0. The van der Waals surface area contributed by atoms with Crippen LogP contribution >= 0.6 is 0 Å². The fourth-order valence-electron chi connectivity index (χ4n) is 2.87. The van der Waals surface area contributed by atoms with Crippen molar-refractivity contribution in [3.05, 3.63) is 44.7 Å². The molecule has 2 N–H and O–H groups in total. The van der Waals surface area contributed by atoms with Gasteiger partial charge in [-0.1, -0.05) is 0 Å². The van der Waals surface area contributed by atoms with Gasteiger partial charge in [0.25, 0.3) is 0 Å². The molecule has 2 aromatic rings. The van der Waals surface area contributed by atoms with Crippen molar-refractivity contribution in [3.63, 3.8) is 0 Å².